The van der Waals surface area contributed by atoms with Gasteiger partial charge in [0.15, 0.2) is 0 Å². The maximum atomic E-state index is 4.77. The van der Waals surface area contributed by atoms with Gasteiger partial charge in [0.2, 0.25) is 0 Å². The Morgan fingerprint density at radius 1 is 0.977 bits per heavy atom. The van der Waals surface area contributed by atoms with Crippen LogP contribution in [0.25, 0.3) is 0 Å². The molecule has 0 amide bonds. The Kier molecular flexibility index (Phi) is 15.8. The van der Waals surface area contributed by atoms with Gasteiger partial charge in [-0.1, -0.05) is 118 Å². The Bertz CT molecular complexity index is 987. The molecule has 1 N–H and O–H groups in total. The first-order valence-corrected chi connectivity index (χ1v) is 18.0. The second kappa shape index (κ2) is 18.2. The third kappa shape index (κ3) is 10.1. The molecular weight excluding hydrogens is 543 g/mol. The van der Waals surface area contributed by atoms with Crippen LogP contribution in [0.5, 0.6) is 0 Å². The van der Waals surface area contributed by atoms with Crippen LogP contribution in [-0.4, -0.2) is 47.3 Å². The summed E-state index contributed by atoms with van der Waals surface area (Å²) >= 11 is 4.72. The van der Waals surface area contributed by atoms with E-state index in [0.717, 1.165) is 43.7 Å². The van der Waals surface area contributed by atoms with Crippen molar-refractivity contribution in [1.82, 2.24) is 15.1 Å². The van der Waals surface area contributed by atoms with E-state index in [1.807, 2.05) is 0 Å². The highest BCUT2D eigenvalue weighted by Gasteiger charge is 2.37. The van der Waals surface area contributed by atoms with Crippen LogP contribution in [0.1, 0.15) is 112 Å². The lowest BCUT2D eigenvalue weighted by atomic mass is 9.80. The van der Waals surface area contributed by atoms with Crippen molar-refractivity contribution in [3.05, 3.63) is 72.7 Å². The standard InChI is InChI=1S/C39H67N3S/c1-13-28(6)39(41(12)29(7)24-27(4)5)34(14-2)25-30(8)42-23-19-22-38(42)36(15-3)31(9)32(10)40-33(11)37(26-43)35-20-17-16-18-21-35/h16-18,20-21,27-28,31,33-34,36-40,43H,7-8,10,13-15,19,22-26H2,1-6,9,11-12H3. The predicted molar refractivity (Wildman–Crippen MR) is 195 cm³/mol. The van der Waals surface area contributed by atoms with E-state index in [9.17, 15) is 0 Å². The summed E-state index contributed by atoms with van der Waals surface area (Å²) in [5, 5.41) is 3.82. The molecule has 1 saturated heterocycles. The third-order valence-electron chi connectivity index (χ3n) is 10.6. The SMILES string of the molecule is C=C(NC(C)C(CS)c1ccccc1)C(C)C(CC)C1CCCN1C(=C)CC(CC)C(C(C)CC)N(C)C(=C)CC(C)C. The van der Waals surface area contributed by atoms with Crippen LogP contribution in [0.2, 0.25) is 0 Å². The summed E-state index contributed by atoms with van der Waals surface area (Å²) in [6.45, 7) is 33.8. The Morgan fingerprint density at radius 2 is 1.63 bits per heavy atom. The van der Waals surface area contributed by atoms with E-state index < -0.39 is 0 Å². The van der Waals surface area contributed by atoms with E-state index in [2.05, 4.69) is 121 Å². The van der Waals surface area contributed by atoms with Gasteiger partial charge in [-0.3, -0.25) is 0 Å². The molecule has 1 aromatic carbocycles. The second-order valence-electron chi connectivity index (χ2n) is 14.0. The zero-order valence-corrected chi connectivity index (χ0v) is 30.3. The number of hydrogen-bond donors (Lipinski definition) is 2. The van der Waals surface area contributed by atoms with Crippen molar-refractivity contribution in [2.75, 3.05) is 19.3 Å². The number of allylic oxidation sites excluding steroid dienone is 3. The van der Waals surface area contributed by atoms with Gasteiger partial charge >= 0.3 is 0 Å². The fraction of sp³-hybridized carbons (Fsp3) is 0.692. The third-order valence-corrected chi connectivity index (χ3v) is 11.0. The average molecular weight is 610 g/mol. The molecule has 1 aliphatic heterocycles. The molecule has 1 aromatic rings. The first-order chi connectivity index (χ1) is 20.4. The molecule has 0 radical (unpaired) electrons. The van der Waals surface area contributed by atoms with Crippen LogP contribution >= 0.6 is 12.6 Å². The molecule has 4 heteroatoms. The topological polar surface area (TPSA) is 18.5 Å². The fourth-order valence-corrected chi connectivity index (χ4v) is 8.31. The summed E-state index contributed by atoms with van der Waals surface area (Å²) in [6, 6.07) is 12.0. The number of thiol groups is 1. The minimum atomic E-state index is 0.271. The first kappa shape index (κ1) is 37.4. The van der Waals surface area contributed by atoms with Crippen LogP contribution in [0.4, 0.5) is 0 Å². The van der Waals surface area contributed by atoms with Crippen LogP contribution in [0.15, 0.2) is 67.2 Å². The van der Waals surface area contributed by atoms with Gasteiger partial charge in [0.1, 0.15) is 0 Å². The second-order valence-corrected chi connectivity index (χ2v) is 14.4. The number of hydrogen-bond acceptors (Lipinski definition) is 4. The normalized spacial score (nSPS) is 20.2. The summed E-state index contributed by atoms with van der Waals surface area (Å²) in [6.07, 6.45) is 8.08. The average Bonchev–Trinajstić information content (AvgIpc) is 3.47. The van der Waals surface area contributed by atoms with Crippen molar-refractivity contribution in [3.8, 4) is 0 Å². The van der Waals surface area contributed by atoms with Gasteiger partial charge in [-0.25, -0.2) is 0 Å². The lowest BCUT2D eigenvalue weighted by Crippen LogP contribution is -2.44. The van der Waals surface area contributed by atoms with Crippen molar-refractivity contribution >= 4 is 12.6 Å². The molecule has 0 aromatic heterocycles. The van der Waals surface area contributed by atoms with Gasteiger partial charge < -0.3 is 15.1 Å². The van der Waals surface area contributed by atoms with Crippen LogP contribution in [-0.2, 0) is 0 Å². The highest BCUT2D eigenvalue weighted by atomic mass is 32.1. The van der Waals surface area contributed by atoms with E-state index >= 15 is 0 Å². The van der Waals surface area contributed by atoms with E-state index in [4.69, 9.17) is 19.2 Å². The quantitative estimate of drug-likeness (QED) is 0.143. The zero-order valence-electron chi connectivity index (χ0n) is 29.4. The van der Waals surface area contributed by atoms with E-state index in [1.54, 1.807) is 0 Å². The largest absolute Gasteiger partial charge is 0.385 e. The molecule has 244 valence electrons. The van der Waals surface area contributed by atoms with Crippen molar-refractivity contribution in [1.29, 1.82) is 0 Å². The minimum Gasteiger partial charge on any atom is -0.385 e. The first-order valence-electron chi connectivity index (χ1n) is 17.4. The summed E-state index contributed by atoms with van der Waals surface area (Å²) in [5.74, 6) is 3.86. The van der Waals surface area contributed by atoms with Gasteiger partial charge in [0.05, 0.1) is 0 Å². The molecule has 2 rings (SSSR count). The molecule has 1 aliphatic rings. The van der Waals surface area contributed by atoms with Gasteiger partial charge in [0, 0.05) is 54.7 Å². The van der Waals surface area contributed by atoms with E-state index in [1.165, 1.54) is 36.2 Å². The van der Waals surface area contributed by atoms with Crippen LogP contribution in [0.3, 0.4) is 0 Å². The van der Waals surface area contributed by atoms with E-state index in [0.29, 0.717) is 47.6 Å². The summed E-state index contributed by atoms with van der Waals surface area (Å²) in [4.78, 5) is 5.22. The zero-order chi connectivity index (χ0) is 32.3. The van der Waals surface area contributed by atoms with Gasteiger partial charge in [-0.15, -0.1) is 0 Å². The maximum Gasteiger partial charge on any atom is 0.0340 e. The van der Waals surface area contributed by atoms with E-state index in [-0.39, 0.29) is 6.04 Å². The summed E-state index contributed by atoms with van der Waals surface area (Å²) in [7, 11) is 2.29. The highest BCUT2D eigenvalue weighted by molar-refractivity contribution is 7.80. The number of nitrogens with one attached hydrogen (secondary N) is 1. The van der Waals surface area contributed by atoms with Crippen molar-refractivity contribution < 1.29 is 0 Å². The maximum absolute atomic E-state index is 4.77. The lowest BCUT2D eigenvalue weighted by molar-refractivity contribution is 0.127. The Morgan fingerprint density at radius 3 is 2.16 bits per heavy atom. The van der Waals surface area contributed by atoms with Crippen molar-refractivity contribution in [2.24, 2.45) is 29.6 Å². The number of likely N-dealkylation sites (tertiary alicyclic amines) is 1. The molecule has 8 unspecified atom stereocenters. The number of rotatable bonds is 20. The molecule has 0 spiro atoms. The van der Waals surface area contributed by atoms with Gasteiger partial charge in [-0.2, -0.15) is 12.6 Å². The fourth-order valence-electron chi connectivity index (χ4n) is 7.78. The van der Waals surface area contributed by atoms with Crippen molar-refractivity contribution in [3.63, 3.8) is 0 Å². The van der Waals surface area contributed by atoms with Crippen molar-refractivity contribution in [2.45, 2.75) is 124 Å². The summed E-state index contributed by atoms with van der Waals surface area (Å²) in [5.41, 5.74) is 5.11. The van der Waals surface area contributed by atoms with Gasteiger partial charge in [0.25, 0.3) is 0 Å². The molecule has 43 heavy (non-hydrogen) atoms. The molecule has 1 heterocycles. The molecule has 8 atom stereocenters. The van der Waals surface area contributed by atoms with Crippen LogP contribution < -0.4 is 5.32 Å². The minimum absolute atomic E-state index is 0.271. The highest BCUT2D eigenvalue weighted by Crippen LogP contribution is 2.39. The molecule has 1 fully saturated rings. The molecule has 0 aliphatic carbocycles. The molecule has 0 saturated carbocycles. The monoisotopic (exact) mass is 610 g/mol. The molecular formula is C39H67N3S. The smallest absolute Gasteiger partial charge is 0.0340 e. The number of benzene rings is 1. The Balaban J connectivity index is 2.17. The molecule has 0 bridgehead atoms. The van der Waals surface area contributed by atoms with Gasteiger partial charge in [-0.05, 0) is 73.5 Å². The lowest BCUT2D eigenvalue weighted by Gasteiger charge is -2.43. The Labute approximate surface area is 273 Å². The van der Waals surface area contributed by atoms with Crippen LogP contribution in [0, 0.1) is 29.6 Å². The Hall–Kier alpha value is -1.81. The number of nitrogens with zero attached hydrogens (tertiary/aromatic N) is 2. The molecule has 3 nitrogen and oxygen atoms in total. The summed E-state index contributed by atoms with van der Waals surface area (Å²) < 4.78 is 0. The predicted octanol–water partition coefficient (Wildman–Crippen LogP) is 10.2.